The molecule has 1 fully saturated rings. The van der Waals surface area contributed by atoms with Gasteiger partial charge in [0.15, 0.2) is 0 Å². The number of hydrogen-bond donors (Lipinski definition) is 1. The molecule has 1 saturated heterocycles. The Balaban J connectivity index is 1.51. The standard InChI is InChI=1S/C28H35N3O2/c1-3-23(2)27(29-26(32)17-16-25-13-8-5-9-14-25)28(33)31-21-19-30(20-22-31)18-10-15-24-11-6-4-7-12-24/h4-17,23,27H,3,18-22H2,1-2H3,(H,29,32)/b15-10+,17-16+. The van der Waals surface area contributed by atoms with E-state index in [1.54, 1.807) is 6.08 Å². The number of nitrogens with zero attached hydrogens (tertiary/aromatic N) is 2. The maximum absolute atomic E-state index is 13.3. The van der Waals surface area contributed by atoms with Crippen LogP contribution in [-0.2, 0) is 9.59 Å². The van der Waals surface area contributed by atoms with Crippen molar-refractivity contribution in [2.45, 2.75) is 26.3 Å². The lowest BCUT2D eigenvalue weighted by Crippen LogP contribution is -2.56. The van der Waals surface area contributed by atoms with Crippen LogP contribution in [0.25, 0.3) is 12.2 Å². The number of nitrogens with one attached hydrogen (secondary N) is 1. The summed E-state index contributed by atoms with van der Waals surface area (Å²) in [6.45, 7) is 7.97. The number of piperazine rings is 1. The molecule has 174 valence electrons. The molecule has 2 aromatic carbocycles. The Morgan fingerprint density at radius 2 is 1.48 bits per heavy atom. The van der Waals surface area contributed by atoms with Gasteiger partial charge in [0.25, 0.3) is 0 Å². The van der Waals surface area contributed by atoms with Crippen molar-refractivity contribution in [3.63, 3.8) is 0 Å². The second-order valence-electron chi connectivity index (χ2n) is 8.55. The minimum absolute atomic E-state index is 0.0188. The fourth-order valence-electron chi connectivity index (χ4n) is 3.87. The molecule has 0 bridgehead atoms. The van der Waals surface area contributed by atoms with Crippen LogP contribution < -0.4 is 5.32 Å². The number of rotatable bonds is 9. The first kappa shape index (κ1) is 24.5. The Bertz CT molecular complexity index is 932. The third kappa shape index (κ3) is 7.72. The van der Waals surface area contributed by atoms with Crippen molar-refractivity contribution in [2.24, 2.45) is 5.92 Å². The van der Waals surface area contributed by atoms with Gasteiger partial charge in [-0.1, -0.05) is 93.1 Å². The van der Waals surface area contributed by atoms with Gasteiger partial charge in [-0.05, 0) is 23.1 Å². The molecule has 1 N–H and O–H groups in total. The summed E-state index contributed by atoms with van der Waals surface area (Å²) < 4.78 is 0. The zero-order chi connectivity index (χ0) is 23.5. The first-order valence-electron chi connectivity index (χ1n) is 11.8. The van der Waals surface area contributed by atoms with E-state index in [2.05, 4.69) is 34.5 Å². The van der Waals surface area contributed by atoms with Crippen molar-refractivity contribution in [2.75, 3.05) is 32.7 Å². The highest BCUT2D eigenvalue weighted by Gasteiger charge is 2.31. The summed E-state index contributed by atoms with van der Waals surface area (Å²) in [5.41, 5.74) is 2.15. The van der Waals surface area contributed by atoms with Crippen molar-refractivity contribution in [3.8, 4) is 0 Å². The largest absolute Gasteiger partial charge is 0.340 e. The molecule has 0 spiro atoms. The first-order valence-corrected chi connectivity index (χ1v) is 11.8. The van der Waals surface area contributed by atoms with Crippen LogP contribution in [0.15, 0.2) is 72.8 Å². The lowest BCUT2D eigenvalue weighted by atomic mass is 9.97. The summed E-state index contributed by atoms with van der Waals surface area (Å²) in [5, 5.41) is 2.96. The van der Waals surface area contributed by atoms with E-state index in [9.17, 15) is 9.59 Å². The number of hydrogen-bond acceptors (Lipinski definition) is 3. The zero-order valence-electron chi connectivity index (χ0n) is 19.7. The van der Waals surface area contributed by atoms with Crippen molar-refractivity contribution < 1.29 is 9.59 Å². The maximum atomic E-state index is 13.3. The topological polar surface area (TPSA) is 52.7 Å². The summed E-state index contributed by atoms with van der Waals surface area (Å²) in [4.78, 5) is 30.1. The molecular weight excluding hydrogens is 410 g/mol. The first-order chi connectivity index (χ1) is 16.1. The van der Waals surface area contributed by atoms with Gasteiger partial charge in [-0.15, -0.1) is 0 Å². The molecule has 2 atom stereocenters. The van der Waals surface area contributed by atoms with Crippen LogP contribution in [0.2, 0.25) is 0 Å². The highest BCUT2D eigenvalue weighted by Crippen LogP contribution is 2.14. The summed E-state index contributed by atoms with van der Waals surface area (Å²) in [7, 11) is 0. The minimum atomic E-state index is -0.507. The molecule has 0 radical (unpaired) electrons. The Morgan fingerprint density at radius 1 is 0.909 bits per heavy atom. The Morgan fingerprint density at radius 3 is 2.06 bits per heavy atom. The highest BCUT2D eigenvalue weighted by atomic mass is 16.2. The predicted molar refractivity (Wildman–Crippen MR) is 135 cm³/mol. The van der Waals surface area contributed by atoms with E-state index in [0.29, 0.717) is 13.1 Å². The van der Waals surface area contributed by atoms with Crippen LogP contribution in [0, 0.1) is 5.92 Å². The normalized spacial score (nSPS) is 16.7. The van der Waals surface area contributed by atoms with Gasteiger partial charge in [0.1, 0.15) is 6.04 Å². The monoisotopic (exact) mass is 445 g/mol. The van der Waals surface area contributed by atoms with E-state index >= 15 is 0 Å². The van der Waals surface area contributed by atoms with Crippen LogP contribution in [-0.4, -0.2) is 60.4 Å². The lowest BCUT2D eigenvalue weighted by Gasteiger charge is -2.37. The summed E-state index contributed by atoms with van der Waals surface area (Å²) >= 11 is 0. The number of carbonyl (C=O) groups is 2. The number of amides is 2. The van der Waals surface area contributed by atoms with Crippen LogP contribution in [0.5, 0.6) is 0 Å². The third-order valence-electron chi connectivity index (χ3n) is 6.16. The van der Waals surface area contributed by atoms with Gasteiger partial charge in [0.05, 0.1) is 0 Å². The van der Waals surface area contributed by atoms with Crippen molar-refractivity contribution in [1.29, 1.82) is 0 Å². The van der Waals surface area contributed by atoms with Gasteiger partial charge < -0.3 is 10.2 Å². The fraction of sp³-hybridized carbons (Fsp3) is 0.357. The molecule has 2 aromatic rings. The van der Waals surface area contributed by atoms with Crippen LogP contribution in [0.1, 0.15) is 31.4 Å². The van der Waals surface area contributed by atoms with E-state index in [-0.39, 0.29) is 17.7 Å². The number of carbonyl (C=O) groups excluding carboxylic acids is 2. The zero-order valence-corrected chi connectivity index (χ0v) is 19.7. The van der Waals surface area contributed by atoms with Crippen molar-refractivity contribution >= 4 is 24.0 Å². The number of benzene rings is 2. The molecule has 5 nitrogen and oxygen atoms in total. The SMILES string of the molecule is CCC(C)C(NC(=O)/C=C/c1ccccc1)C(=O)N1CCN(C/C=C/c2ccccc2)CC1. The molecule has 1 aliphatic rings. The van der Waals surface area contributed by atoms with Gasteiger partial charge in [-0.25, -0.2) is 0 Å². The molecule has 1 aliphatic heterocycles. The quantitative estimate of drug-likeness (QED) is 0.592. The second kappa shape index (κ2) is 12.8. The summed E-state index contributed by atoms with van der Waals surface area (Å²) in [5.74, 6) is -0.147. The fourth-order valence-corrected chi connectivity index (χ4v) is 3.87. The molecule has 33 heavy (non-hydrogen) atoms. The van der Waals surface area contributed by atoms with Gasteiger partial charge in [-0.2, -0.15) is 0 Å². The smallest absolute Gasteiger partial charge is 0.245 e. The predicted octanol–water partition coefficient (Wildman–Crippen LogP) is 4.09. The molecular formula is C28H35N3O2. The molecule has 1 heterocycles. The van der Waals surface area contributed by atoms with E-state index in [1.807, 2.05) is 67.3 Å². The van der Waals surface area contributed by atoms with E-state index in [4.69, 9.17) is 0 Å². The summed E-state index contributed by atoms with van der Waals surface area (Å²) in [6.07, 6.45) is 8.41. The van der Waals surface area contributed by atoms with Gasteiger partial charge in [-0.3, -0.25) is 14.5 Å². The average Bonchev–Trinajstić information content (AvgIpc) is 2.87. The highest BCUT2D eigenvalue weighted by molar-refractivity contribution is 5.95. The Kier molecular flexibility index (Phi) is 9.45. The lowest BCUT2D eigenvalue weighted by molar-refractivity contribution is -0.138. The minimum Gasteiger partial charge on any atom is -0.340 e. The molecule has 3 rings (SSSR count). The average molecular weight is 446 g/mol. The molecule has 0 saturated carbocycles. The van der Waals surface area contributed by atoms with Crippen molar-refractivity contribution in [3.05, 3.63) is 83.9 Å². The molecule has 2 unspecified atom stereocenters. The van der Waals surface area contributed by atoms with Crippen LogP contribution in [0.4, 0.5) is 0 Å². The maximum Gasteiger partial charge on any atom is 0.245 e. The Hall–Kier alpha value is -3.18. The van der Waals surface area contributed by atoms with E-state index in [1.165, 1.54) is 11.6 Å². The van der Waals surface area contributed by atoms with Gasteiger partial charge >= 0.3 is 0 Å². The Labute approximate surface area is 197 Å². The molecule has 5 heteroatoms. The van der Waals surface area contributed by atoms with E-state index < -0.39 is 6.04 Å². The van der Waals surface area contributed by atoms with Crippen LogP contribution >= 0.6 is 0 Å². The van der Waals surface area contributed by atoms with Gasteiger partial charge in [0.2, 0.25) is 11.8 Å². The van der Waals surface area contributed by atoms with Crippen LogP contribution in [0.3, 0.4) is 0 Å². The van der Waals surface area contributed by atoms with Crippen molar-refractivity contribution in [1.82, 2.24) is 15.1 Å². The molecule has 2 amide bonds. The van der Waals surface area contributed by atoms with Gasteiger partial charge in [0, 0.05) is 38.8 Å². The molecule has 0 aromatic heterocycles. The van der Waals surface area contributed by atoms with E-state index in [0.717, 1.165) is 31.6 Å². The summed E-state index contributed by atoms with van der Waals surface area (Å²) in [6, 6.07) is 19.4. The third-order valence-corrected chi connectivity index (χ3v) is 6.16. The molecule has 0 aliphatic carbocycles. The second-order valence-corrected chi connectivity index (χ2v) is 8.55.